The summed E-state index contributed by atoms with van der Waals surface area (Å²) in [6, 6.07) is 24.5. The molecule has 5 rings (SSSR count). The van der Waals surface area contributed by atoms with Crippen LogP contribution in [0.15, 0.2) is 90.0 Å². The van der Waals surface area contributed by atoms with Crippen LogP contribution in [0.25, 0.3) is 10.9 Å². The zero-order valence-electron chi connectivity index (χ0n) is 21.3. The number of H-pyrrole nitrogens is 1. The second-order valence-corrected chi connectivity index (χ2v) is 11.3. The number of carbonyl (C=O) groups excluding carboxylic acids is 1. The van der Waals surface area contributed by atoms with Gasteiger partial charge in [-0.3, -0.25) is 14.9 Å². The van der Waals surface area contributed by atoms with Crippen molar-refractivity contribution in [1.82, 2.24) is 20.1 Å². The Morgan fingerprint density at radius 2 is 1.69 bits per heavy atom. The Morgan fingerprint density at radius 3 is 2.41 bits per heavy atom. The van der Waals surface area contributed by atoms with E-state index in [1.807, 2.05) is 42.6 Å². The summed E-state index contributed by atoms with van der Waals surface area (Å²) in [6.07, 6.45) is 2.84. The van der Waals surface area contributed by atoms with Gasteiger partial charge in [0.25, 0.3) is 5.91 Å². The SMILES string of the molecule is O=C(NO)C1C#CC1c1ccc(CN(CCNS(=O)(=O)c2ccccc2)CCc2c[nH]c3ccccc23)cc1. The fourth-order valence-corrected chi connectivity index (χ4v) is 5.85. The van der Waals surface area contributed by atoms with E-state index in [1.165, 1.54) is 10.9 Å². The van der Waals surface area contributed by atoms with E-state index in [9.17, 15) is 13.2 Å². The van der Waals surface area contributed by atoms with Gasteiger partial charge in [-0.1, -0.05) is 72.5 Å². The second kappa shape index (κ2) is 11.8. The maximum absolute atomic E-state index is 12.7. The first-order chi connectivity index (χ1) is 18.9. The van der Waals surface area contributed by atoms with Crippen molar-refractivity contribution >= 4 is 26.8 Å². The summed E-state index contributed by atoms with van der Waals surface area (Å²) in [5.41, 5.74) is 5.98. The van der Waals surface area contributed by atoms with Crippen LogP contribution >= 0.6 is 0 Å². The number of nitrogens with one attached hydrogen (secondary N) is 3. The van der Waals surface area contributed by atoms with Gasteiger partial charge in [0.15, 0.2) is 0 Å². The van der Waals surface area contributed by atoms with Crippen LogP contribution in [0.3, 0.4) is 0 Å². The van der Waals surface area contributed by atoms with E-state index in [0.717, 1.165) is 29.6 Å². The molecule has 1 heterocycles. The number of aromatic amines is 1. The molecule has 0 aliphatic heterocycles. The average Bonchev–Trinajstić information content (AvgIpc) is 3.35. The summed E-state index contributed by atoms with van der Waals surface area (Å²) >= 11 is 0. The lowest BCUT2D eigenvalue weighted by Gasteiger charge is -2.25. The summed E-state index contributed by atoms with van der Waals surface area (Å²) in [6.45, 7) is 2.18. The number of nitrogens with zero attached hydrogens (tertiary/aromatic N) is 1. The van der Waals surface area contributed by atoms with E-state index in [-0.39, 0.29) is 17.4 Å². The third kappa shape index (κ3) is 6.21. The highest BCUT2D eigenvalue weighted by Gasteiger charge is 2.32. The van der Waals surface area contributed by atoms with Gasteiger partial charge in [0.05, 0.1) is 10.8 Å². The molecule has 1 aromatic heterocycles. The van der Waals surface area contributed by atoms with E-state index in [0.29, 0.717) is 13.1 Å². The summed E-state index contributed by atoms with van der Waals surface area (Å²) in [7, 11) is -3.59. The standard InChI is InChI=1S/C30H30N4O4S/c35-30(33-36)28-15-14-26(28)23-12-10-22(11-13-23)21-34(18-16-24-20-31-29-9-5-4-8-27(24)29)19-17-32-39(37,38)25-6-2-1-3-7-25/h1-13,20,26,28,31-32,36H,16-19,21H2,(H,33,35). The molecule has 2 atom stereocenters. The number of rotatable bonds is 12. The van der Waals surface area contributed by atoms with Crippen molar-refractivity contribution in [3.63, 3.8) is 0 Å². The lowest BCUT2D eigenvalue weighted by molar-refractivity contribution is -0.132. The van der Waals surface area contributed by atoms with E-state index in [1.54, 1.807) is 35.8 Å². The van der Waals surface area contributed by atoms with E-state index in [2.05, 4.69) is 38.6 Å². The van der Waals surface area contributed by atoms with Crippen LogP contribution in [0.5, 0.6) is 0 Å². The molecule has 4 N–H and O–H groups in total. The number of sulfonamides is 1. The molecule has 1 aliphatic rings. The fraction of sp³-hybridized carbons (Fsp3) is 0.233. The highest BCUT2D eigenvalue weighted by molar-refractivity contribution is 7.89. The Labute approximate surface area is 228 Å². The largest absolute Gasteiger partial charge is 0.361 e. The molecule has 0 radical (unpaired) electrons. The van der Waals surface area contributed by atoms with Gasteiger partial charge in [0.1, 0.15) is 5.92 Å². The highest BCUT2D eigenvalue weighted by atomic mass is 32.2. The lowest BCUT2D eigenvalue weighted by Crippen LogP contribution is -2.36. The van der Waals surface area contributed by atoms with Crippen LogP contribution in [-0.4, -0.2) is 49.1 Å². The van der Waals surface area contributed by atoms with Crippen molar-refractivity contribution in [3.05, 3.63) is 102 Å². The number of para-hydroxylation sites is 1. The minimum atomic E-state index is -3.59. The number of hydrogen-bond donors (Lipinski definition) is 4. The van der Waals surface area contributed by atoms with Crippen LogP contribution in [0.1, 0.15) is 22.6 Å². The Morgan fingerprint density at radius 1 is 0.949 bits per heavy atom. The monoisotopic (exact) mass is 542 g/mol. The molecule has 3 aromatic carbocycles. The Kier molecular flexibility index (Phi) is 8.10. The number of benzene rings is 3. The predicted octanol–water partition coefficient (Wildman–Crippen LogP) is 3.41. The zero-order chi connectivity index (χ0) is 27.2. The van der Waals surface area contributed by atoms with Gasteiger partial charge in [-0.15, -0.1) is 0 Å². The fourth-order valence-electron chi connectivity index (χ4n) is 4.81. The maximum Gasteiger partial charge on any atom is 0.260 e. The maximum atomic E-state index is 12.7. The van der Waals surface area contributed by atoms with Gasteiger partial charge >= 0.3 is 0 Å². The molecule has 39 heavy (non-hydrogen) atoms. The summed E-state index contributed by atoms with van der Waals surface area (Å²) in [4.78, 5) is 17.6. The number of carbonyl (C=O) groups is 1. The van der Waals surface area contributed by atoms with E-state index in [4.69, 9.17) is 5.21 Å². The Bertz CT molecular complexity index is 1610. The third-order valence-electron chi connectivity index (χ3n) is 7.01. The average molecular weight is 543 g/mol. The molecule has 8 nitrogen and oxygen atoms in total. The van der Waals surface area contributed by atoms with Crippen molar-refractivity contribution in [2.45, 2.75) is 23.8 Å². The molecular formula is C30H30N4O4S. The van der Waals surface area contributed by atoms with Gasteiger partial charge < -0.3 is 4.98 Å². The van der Waals surface area contributed by atoms with Gasteiger partial charge in [0, 0.05) is 43.3 Å². The molecule has 200 valence electrons. The second-order valence-electron chi connectivity index (χ2n) is 9.56. The minimum absolute atomic E-state index is 0.239. The molecule has 1 amide bonds. The van der Waals surface area contributed by atoms with Crippen LogP contribution in [-0.2, 0) is 27.8 Å². The first kappa shape index (κ1) is 26.7. The number of amides is 1. The van der Waals surface area contributed by atoms with E-state index < -0.39 is 21.8 Å². The van der Waals surface area contributed by atoms with Gasteiger partial charge in [-0.05, 0) is 41.3 Å². The molecule has 0 saturated heterocycles. The van der Waals surface area contributed by atoms with Crippen LogP contribution in [0.4, 0.5) is 0 Å². The molecule has 0 fully saturated rings. The third-order valence-corrected chi connectivity index (χ3v) is 8.49. The van der Waals surface area contributed by atoms with Gasteiger partial charge in [0.2, 0.25) is 10.0 Å². The summed E-state index contributed by atoms with van der Waals surface area (Å²) < 4.78 is 28.1. The Balaban J connectivity index is 1.26. The molecule has 0 saturated carbocycles. The number of aromatic nitrogens is 1. The predicted molar refractivity (Wildman–Crippen MR) is 149 cm³/mol. The van der Waals surface area contributed by atoms with Crippen LogP contribution < -0.4 is 10.2 Å². The molecule has 9 heteroatoms. The van der Waals surface area contributed by atoms with Gasteiger partial charge in [-0.2, -0.15) is 0 Å². The summed E-state index contributed by atoms with van der Waals surface area (Å²) in [5, 5.41) is 10.1. The van der Waals surface area contributed by atoms with Crippen molar-refractivity contribution in [1.29, 1.82) is 0 Å². The molecule has 0 bridgehead atoms. The normalized spacial score (nSPS) is 16.5. The molecule has 4 aromatic rings. The molecular weight excluding hydrogens is 512 g/mol. The van der Waals surface area contributed by atoms with Crippen LogP contribution in [0, 0.1) is 17.8 Å². The Hall–Kier alpha value is -3.94. The number of hydroxylamine groups is 1. The number of fused-ring (bicyclic) bond motifs is 1. The van der Waals surface area contributed by atoms with Crippen LogP contribution in [0.2, 0.25) is 0 Å². The number of hydrogen-bond acceptors (Lipinski definition) is 5. The highest BCUT2D eigenvalue weighted by Crippen LogP contribution is 2.30. The van der Waals surface area contributed by atoms with Crippen molar-refractivity contribution in [2.75, 3.05) is 19.6 Å². The topological polar surface area (TPSA) is 115 Å². The van der Waals surface area contributed by atoms with Gasteiger partial charge in [-0.25, -0.2) is 18.6 Å². The lowest BCUT2D eigenvalue weighted by atomic mass is 9.79. The quantitative estimate of drug-likeness (QED) is 0.124. The first-order valence-electron chi connectivity index (χ1n) is 12.8. The molecule has 2 unspecified atom stereocenters. The minimum Gasteiger partial charge on any atom is -0.361 e. The van der Waals surface area contributed by atoms with Crippen molar-refractivity contribution in [3.8, 4) is 11.8 Å². The molecule has 0 spiro atoms. The van der Waals surface area contributed by atoms with E-state index >= 15 is 0 Å². The zero-order valence-corrected chi connectivity index (χ0v) is 22.1. The first-order valence-corrected chi connectivity index (χ1v) is 14.3. The van der Waals surface area contributed by atoms with Crippen molar-refractivity contribution < 1.29 is 18.4 Å². The smallest absolute Gasteiger partial charge is 0.260 e. The van der Waals surface area contributed by atoms with Crippen molar-refractivity contribution in [2.24, 2.45) is 5.92 Å². The molecule has 1 aliphatic carbocycles. The summed E-state index contributed by atoms with van der Waals surface area (Å²) in [5.74, 6) is 4.50.